The molecular formula is C8H10FNO. The van der Waals surface area contributed by atoms with Crippen molar-refractivity contribution in [2.75, 3.05) is 6.54 Å². The Balaban J connectivity index is 2.62. The van der Waals surface area contributed by atoms with Crippen molar-refractivity contribution < 1.29 is 9.60 Å². The highest BCUT2D eigenvalue weighted by atomic mass is 19.1. The Bertz CT molecular complexity index is 227. The van der Waals surface area contributed by atoms with E-state index in [1.807, 2.05) is 5.48 Å². The van der Waals surface area contributed by atoms with E-state index in [9.17, 15) is 4.39 Å². The van der Waals surface area contributed by atoms with Crippen molar-refractivity contribution in [3.8, 4) is 0 Å². The number of benzene rings is 1. The van der Waals surface area contributed by atoms with Crippen molar-refractivity contribution in [1.29, 1.82) is 0 Å². The Labute approximate surface area is 64.6 Å². The molecule has 0 atom stereocenters. The van der Waals surface area contributed by atoms with E-state index in [0.717, 1.165) is 0 Å². The number of hydrogen-bond donors (Lipinski definition) is 2. The summed E-state index contributed by atoms with van der Waals surface area (Å²) in [5.74, 6) is -0.220. The van der Waals surface area contributed by atoms with Gasteiger partial charge in [0.1, 0.15) is 5.82 Å². The summed E-state index contributed by atoms with van der Waals surface area (Å²) in [5, 5.41) is 8.25. The molecule has 0 aromatic heterocycles. The van der Waals surface area contributed by atoms with E-state index in [-0.39, 0.29) is 5.82 Å². The fraction of sp³-hybridized carbons (Fsp3) is 0.250. The van der Waals surface area contributed by atoms with Crippen LogP contribution < -0.4 is 5.48 Å². The van der Waals surface area contributed by atoms with Crippen LogP contribution in [0.15, 0.2) is 24.3 Å². The van der Waals surface area contributed by atoms with Crippen LogP contribution in [0.4, 0.5) is 4.39 Å². The lowest BCUT2D eigenvalue weighted by Gasteiger charge is -2.00. The van der Waals surface area contributed by atoms with Gasteiger partial charge in [-0.15, -0.1) is 0 Å². The second-order valence-corrected chi connectivity index (χ2v) is 2.25. The zero-order chi connectivity index (χ0) is 8.10. The Morgan fingerprint density at radius 3 is 2.73 bits per heavy atom. The molecule has 1 rings (SSSR count). The molecule has 0 spiro atoms. The fourth-order valence-electron chi connectivity index (χ4n) is 0.892. The molecule has 0 aliphatic heterocycles. The summed E-state index contributed by atoms with van der Waals surface area (Å²) >= 11 is 0. The van der Waals surface area contributed by atoms with Crippen LogP contribution in [0.25, 0.3) is 0 Å². The van der Waals surface area contributed by atoms with Crippen molar-refractivity contribution >= 4 is 0 Å². The number of halogens is 1. The van der Waals surface area contributed by atoms with Crippen molar-refractivity contribution in [3.05, 3.63) is 35.6 Å². The fourth-order valence-corrected chi connectivity index (χ4v) is 0.892. The van der Waals surface area contributed by atoms with E-state index < -0.39 is 0 Å². The van der Waals surface area contributed by atoms with Gasteiger partial charge in [0.25, 0.3) is 0 Å². The molecule has 0 bridgehead atoms. The molecule has 0 aliphatic rings. The normalized spacial score (nSPS) is 10.0. The lowest BCUT2D eigenvalue weighted by Crippen LogP contribution is -2.11. The maximum atomic E-state index is 12.8. The second kappa shape index (κ2) is 4.05. The lowest BCUT2D eigenvalue weighted by atomic mass is 10.1. The van der Waals surface area contributed by atoms with E-state index in [0.29, 0.717) is 18.5 Å². The molecule has 60 valence electrons. The topological polar surface area (TPSA) is 32.3 Å². The molecule has 1 aromatic carbocycles. The van der Waals surface area contributed by atoms with E-state index in [1.165, 1.54) is 6.07 Å². The van der Waals surface area contributed by atoms with Gasteiger partial charge >= 0.3 is 0 Å². The Morgan fingerprint density at radius 2 is 2.09 bits per heavy atom. The van der Waals surface area contributed by atoms with Crippen LogP contribution in [-0.4, -0.2) is 11.8 Å². The smallest absolute Gasteiger partial charge is 0.126 e. The van der Waals surface area contributed by atoms with Gasteiger partial charge in [-0.3, -0.25) is 0 Å². The van der Waals surface area contributed by atoms with Gasteiger partial charge in [0.15, 0.2) is 0 Å². The molecule has 0 aliphatic carbocycles. The Morgan fingerprint density at radius 1 is 1.36 bits per heavy atom. The molecule has 2 N–H and O–H groups in total. The third-order valence-corrected chi connectivity index (χ3v) is 1.46. The maximum absolute atomic E-state index is 12.8. The van der Waals surface area contributed by atoms with Gasteiger partial charge in [0.05, 0.1) is 0 Å². The van der Waals surface area contributed by atoms with Gasteiger partial charge in [-0.2, -0.15) is 0 Å². The highest BCUT2D eigenvalue weighted by Gasteiger charge is 1.97. The first kappa shape index (κ1) is 8.17. The van der Waals surface area contributed by atoms with E-state index in [4.69, 9.17) is 5.21 Å². The minimum absolute atomic E-state index is 0.220. The number of rotatable bonds is 3. The summed E-state index contributed by atoms with van der Waals surface area (Å²) in [7, 11) is 0. The monoisotopic (exact) mass is 155 g/mol. The Kier molecular flexibility index (Phi) is 3.01. The highest BCUT2D eigenvalue weighted by molar-refractivity contribution is 5.17. The van der Waals surface area contributed by atoms with Crippen LogP contribution >= 0.6 is 0 Å². The van der Waals surface area contributed by atoms with E-state index in [1.54, 1.807) is 18.2 Å². The molecule has 0 radical (unpaired) electrons. The second-order valence-electron chi connectivity index (χ2n) is 2.25. The van der Waals surface area contributed by atoms with E-state index >= 15 is 0 Å². The van der Waals surface area contributed by atoms with Crippen LogP contribution in [0.2, 0.25) is 0 Å². The van der Waals surface area contributed by atoms with Crippen LogP contribution in [-0.2, 0) is 6.42 Å². The van der Waals surface area contributed by atoms with Crippen molar-refractivity contribution in [3.63, 3.8) is 0 Å². The molecule has 0 amide bonds. The standard InChI is InChI=1S/C8H10FNO/c9-8-4-2-1-3-7(8)5-6-10-11/h1-4,10-11H,5-6H2. The van der Waals surface area contributed by atoms with Gasteiger partial charge in [0, 0.05) is 6.54 Å². The molecule has 3 heteroatoms. The van der Waals surface area contributed by atoms with Crippen molar-refractivity contribution in [2.24, 2.45) is 0 Å². The van der Waals surface area contributed by atoms with Crippen molar-refractivity contribution in [2.45, 2.75) is 6.42 Å². The first-order valence-electron chi connectivity index (χ1n) is 3.45. The molecule has 0 saturated heterocycles. The van der Waals surface area contributed by atoms with Gasteiger partial charge in [-0.05, 0) is 18.1 Å². The van der Waals surface area contributed by atoms with Crippen LogP contribution in [0.1, 0.15) is 5.56 Å². The lowest BCUT2D eigenvalue weighted by molar-refractivity contribution is 0.168. The molecule has 0 fully saturated rings. The van der Waals surface area contributed by atoms with E-state index in [2.05, 4.69) is 0 Å². The Hall–Kier alpha value is -0.930. The third-order valence-electron chi connectivity index (χ3n) is 1.46. The van der Waals surface area contributed by atoms with Crippen LogP contribution in [0.3, 0.4) is 0 Å². The quantitative estimate of drug-likeness (QED) is 0.646. The predicted molar refractivity (Wildman–Crippen MR) is 39.9 cm³/mol. The maximum Gasteiger partial charge on any atom is 0.126 e. The highest BCUT2D eigenvalue weighted by Crippen LogP contribution is 2.05. The number of hydrogen-bond acceptors (Lipinski definition) is 2. The zero-order valence-corrected chi connectivity index (χ0v) is 6.05. The summed E-state index contributed by atoms with van der Waals surface area (Å²) in [4.78, 5) is 0. The minimum atomic E-state index is -0.220. The predicted octanol–water partition coefficient (Wildman–Crippen LogP) is 1.35. The molecular weight excluding hydrogens is 145 g/mol. The molecule has 1 aromatic rings. The summed E-state index contributed by atoms with van der Waals surface area (Å²) < 4.78 is 12.8. The summed E-state index contributed by atoms with van der Waals surface area (Å²) in [6.07, 6.45) is 0.503. The SMILES string of the molecule is ONCCc1ccccc1F. The minimum Gasteiger partial charge on any atom is -0.317 e. The molecule has 0 saturated carbocycles. The van der Waals surface area contributed by atoms with Gasteiger partial charge in [0.2, 0.25) is 0 Å². The third kappa shape index (κ3) is 2.29. The zero-order valence-electron chi connectivity index (χ0n) is 6.05. The molecule has 2 nitrogen and oxygen atoms in total. The van der Waals surface area contributed by atoms with Gasteiger partial charge < -0.3 is 5.21 Å². The van der Waals surface area contributed by atoms with Crippen LogP contribution in [0.5, 0.6) is 0 Å². The van der Waals surface area contributed by atoms with Crippen molar-refractivity contribution in [1.82, 2.24) is 5.48 Å². The molecule has 0 heterocycles. The first-order valence-corrected chi connectivity index (χ1v) is 3.45. The number of nitrogens with one attached hydrogen (secondary N) is 1. The first-order chi connectivity index (χ1) is 5.34. The average molecular weight is 155 g/mol. The van der Waals surface area contributed by atoms with Crippen LogP contribution in [0, 0.1) is 5.82 Å². The van der Waals surface area contributed by atoms with Gasteiger partial charge in [-0.1, -0.05) is 18.2 Å². The number of hydroxylamine groups is 1. The van der Waals surface area contributed by atoms with Gasteiger partial charge in [-0.25, -0.2) is 9.87 Å². The molecule has 0 unspecified atom stereocenters. The summed E-state index contributed by atoms with van der Waals surface area (Å²) in [6.45, 7) is 0.376. The summed E-state index contributed by atoms with van der Waals surface area (Å²) in [5.41, 5.74) is 2.60. The molecule has 11 heavy (non-hydrogen) atoms. The largest absolute Gasteiger partial charge is 0.317 e. The average Bonchev–Trinajstić information content (AvgIpc) is 2.03. The summed E-state index contributed by atoms with van der Waals surface area (Å²) in [6, 6.07) is 6.53.